The fraction of sp³-hybridized carbons (Fsp3) is 0.250. The molecule has 0 saturated heterocycles. The van der Waals surface area contributed by atoms with Gasteiger partial charge in [-0.15, -0.1) is 0 Å². The SMILES string of the molecule is COC(=O)N1CCCC=C1C(=O)/C=C/c1ccccc1. The largest absolute Gasteiger partial charge is 0.452 e. The van der Waals surface area contributed by atoms with E-state index >= 15 is 0 Å². The molecule has 0 atom stereocenters. The number of hydrogen-bond donors (Lipinski definition) is 0. The topological polar surface area (TPSA) is 46.6 Å². The molecule has 0 aliphatic carbocycles. The first-order chi connectivity index (χ1) is 9.72. The zero-order valence-corrected chi connectivity index (χ0v) is 11.4. The first-order valence-corrected chi connectivity index (χ1v) is 6.55. The van der Waals surface area contributed by atoms with Gasteiger partial charge in [-0.2, -0.15) is 0 Å². The van der Waals surface area contributed by atoms with Crippen molar-refractivity contribution in [3.8, 4) is 0 Å². The number of hydrogen-bond acceptors (Lipinski definition) is 3. The van der Waals surface area contributed by atoms with Crippen molar-refractivity contribution >= 4 is 18.0 Å². The second kappa shape index (κ2) is 6.70. The van der Waals surface area contributed by atoms with Crippen LogP contribution in [0.15, 0.2) is 48.2 Å². The van der Waals surface area contributed by atoms with Crippen molar-refractivity contribution in [2.45, 2.75) is 12.8 Å². The number of rotatable bonds is 3. The molecule has 0 spiro atoms. The molecule has 0 bridgehead atoms. The van der Waals surface area contributed by atoms with Crippen LogP contribution in [-0.2, 0) is 9.53 Å². The van der Waals surface area contributed by atoms with Crippen LogP contribution >= 0.6 is 0 Å². The summed E-state index contributed by atoms with van der Waals surface area (Å²) < 4.78 is 4.70. The van der Waals surface area contributed by atoms with Gasteiger partial charge in [-0.1, -0.05) is 42.5 Å². The molecule has 0 N–H and O–H groups in total. The summed E-state index contributed by atoms with van der Waals surface area (Å²) in [5, 5.41) is 0. The van der Waals surface area contributed by atoms with E-state index in [-0.39, 0.29) is 5.78 Å². The lowest BCUT2D eigenvalue weighted by Gasteiger charge is -2.25. The minimum Gasteiger partial charge on any atom is -0.452 e. The van der Waals surface area contributed by atoms with Gasteiger partial charge in [0.25, 0.3) is 0 Å². The van der Waals surface area contributed by atoms with E-state index in [2.05, 4.69) is 0 Å². The summed E-state index contributed by atoms with van der Waals surface area (Å²) in [6.07, 6.45) is 6.17. The van der Waals surface area contributed by atoms with Crippen LogP contribution < -0.4 is 0 Å². The van der Waals surface area contributed by atoms with Crippen LogP contribution in [0, 0.1) is 0 Å². The molecule has 1 heterocycles. The normalized spacial score (nSPS) is 15.1. The number of nitrogens with zero attached hydrogens (tertiary/aromatic N) is 1. The fourth-order valence-corrected chi connectivity index (χ4v) is 2.07. The molecule has 1 aromatic rings. The van der Waals surface area contributed by atoms with Crippen LogP contribution in [0.3, 0.4) is 0 Å². The lowest BCUT2D eigenvalue weighted by Crippen LogP contribution is -2.35. The summed E-state index contributed by atoms with van der Waals surface area (Å²) in [6, 6.07) is 9.56. The van der Waals surface area contributed by atoms with Crippen LogP contribution in [0.2, 0.25) is 0 Å². The van der Waals surface area contributed by atoms with E-state index in [0.717, 1.165) is 18.4 Å². The Balaban J connectivity index is 2.13. The third-order valence-electron chi connectivity index (χ3n) is 3.09. The lowest BCUT2D eigenvalue weighted by atomic mass is 10.1. The molecule has 4 heteroatoms. The monoisotopic (exact) mass is 271 g/mol. The van der Waals surface area contributed by atoms with Crippen molar-refractivity contribution in [3.63, 3.8) is 0 Å². The van der Waals surface area contributed by atoms with E-state index in [4.69, 9.17) is 4.74 Å². The molecule has 1 aliphatic heterocycles. The Morgan fingerprint density at radius 1 is 1.25 bits per heavy atom. The van der Waals surface area contributed by atoms with Crippen molar-refractivity contribution < 1.29 is 14.3 Å². The van der Waals surface area contributed by atoms with Gasteiger partial charge in [0.15, 0.2) is 0 Å². The molecule has 1 amide bonds. The van der Waals surface area contributed by atoms with Gasteiger partial charge in [0.2, 0.25) is 5.78 Å². The molecule has 0 unspecified atom stereocenters. The second-order valence-electron chi connectivity index (χ2n) is 4.46. The highest BCUT2D eigenvalue weighted by Gasteiger charge is 2.24. The highest BCUT2D eigenvalue weighted by molar-refractivity contribution is 6.07. The Bertz CT molecular complexity index is 546. The molecule has 0 fully saturated rings. The summed E-state index contributed by atoms with van der Waals surface area (Å²) in [5.41, 5.74) is 1.34. The predicted molar refractivity (Wildman–Crippen MR) is 76.9 cm³/mol. The van der Waals surface area contributed by atoms with E-state index in [1.54, 1.807) is 12.2 Å². The number of amides is 1. The maximum Gasteiger partial charge on any atom is 0.414 e. The van der Waals surface area contributed by atoms with E-state index < -0.39 is 6.09 Å². The van der Waals surface area contributed by atoms with Gasteiger partial charge in [0.05, 0.1) is 12.8 Å². The minimum atomic E-state index is -0.489. The van der Waals surface area contributed by atoms with Gasteiger partial charge < -0.3 is 4.74 Å². The summed E-state index contributed by atoms with van der Waals surface area (Å²) >= 11 is 0. The van der Waals surface area contributed by atoms with Gasteiger partial charge in [0, 0.05) is 6.54 Å². The molecule has 4 nitrogen and oxygen atoms in total. The number of carbonyl (C=O) groups is 2. The quantitative estimate of drug-likeness (QED) is 0.794. The van der Waals surface area contributed by atoms with Crippen LogP contribution in [0.25, 0.3) is 6.08 Å². The first kappa shape index (κ1) is 14.1. The number of ketones is 1. The molecule has 0 aromatic heterocycles. The van der Waals surface area contributed by atoms with E-state index in [1.165, 1.54) is 18.1 Å². The summed E-state index contributed by atoms with van der Waals surface area (Å²) in [5.74, 6) is -0.182. The first-order valence-electron chi connectivity index (χ1n) is 6.55. The Morgan fingerprint density at radius 2 is 2.00 bits per heavy atom. The summed E-state index contributed by atoms with van der Waals surface area (Å²) in [4.78, 5) is 25.2. The van der Waals surface area contributed by atoms with E-state index in [0.29, 0.717) is 12.2 Å². The number of allylic oxidation sites excluding steroid dienone is 2. The highest BCUT2D eigenvalue weighted by atomic mass is 16.5. The molecule has 1 aliphatic rings. The molecule has 0 saturated carbocycles. The van der Waals surface area contributed by atoms with E-state index in [9.17, 15) is 9.59 Å². The average molecular weight is 271 g/mol. The Labute approximate surface area is 118 Å². The Kier molecular flexibility index (Phi) is 4.71. The highest BCUT2D eigenvalue weighted by Crippen LogP contribution is 2.17. The number of methoxy groups -OCH3 is 1. The molecule has 104 valence electrons. The Hall–Kier alpha value is -2.36. The van der Waals surface area contributed by atoms with Gasteiger partial charge in [-0.25, -0.2) is 4.79 Å². The summed E-state index contributed by atoms with van der Waals surface area (Å²) in [7, 11) is 1.32. The lowest BCUT2D eigenvalue weighted by molar-refractivity contribution is -0.112. The zero-order chi connectivity index (χ0) is 14.4. The zero-order valence-electron chi connectivity index (χ0n) is 11.4. The van der Waals surface area contributed by atoms with E-state index in [1.807, 2.05) is 30.3 Å². The maximum atomic E-state index is 12.2. The molecule has 20 heavy (non-hydrogen) atoms. The van der Waals surface area contributed by atoms with Crippen molar-refractivity contribution in [2.75, 3.05) is 13.7 Å². The molecule has 2 rings (SSSR count). The number of benzene rings is 1. The third-order valence-corrected chi connectivity index (χ3v) is 3.09. The van der Waals surface area contributed by atoms with Crippen LogP contribution in [0.1, 0.15) is 18.4 Å². The van der Waals surface area contributed by atoms with Gasteiger partial charge in [-0.05, 0) is 24.5 Å². The van der Waals surface area contributed by atoms with Crippen LogP contribution in [0.4, 0.5) is 4.79 Å². The number of ether oxygens (including phenoxy) is 1. The third kappa shape index (κ3) is 3.35. The van der Waals surface area contributed by atoms with Crippen LogP contribution in [-0.4, -0.2) is 30.4 Å². The molecule has 1 aromatic carbocycles. The smallest absolute Gasteiger partial charge is 0.414 e. The van der Waals surface area contributed by atoms with Gasteiger partial charge in [-0.3, -0.25) is 9.69 Å². The van der Waals surface area contributed by atoms with Crippen molar-refractivity contribution in [1.82, 2.24) is 4.90 Å². The van der Waals surface area contributed by atoms with Gasteiger partial charge in [0.1, 0.15) is 0 Å². The minimum absolute atomic E-state index is 0.182. The van der Waals surface area contributed by atoms with Crippen molar-refractivity contribution in [2.24, 2.45) is 0 Å². The fourth-order valence-electron chi connectivity index (χ4n) is 2.07. The average Bonchev–Trinajstić information content (AvgIpc) is 2.52. The number of carbonyl (C=O) groups excluding carboxylic acids is 2. The maximum absolute atomic E-state index is 12.2. The van der Waals surface area contributed by atoms with Crippen molar-refractivity contribution in [1.29, 1.82) is 0 Å². The molecular weight excluding hydrogens is 254 g/mol. The van der Waals surface area contributed by atoms with Gasteiger partial charge >= 0.3 is 6.09 Å². The summed E-state index contributed by atoms with van der Waals surface area (Å²) in [6.45, 7) is 0.517. The molecule has 0 radical (unpaired) electrons. The predicted octanol–water partition coefficient (Wildman–Crippen LogP) is 3.02. The van der Waals surface area contributed by atoms with Crippen molar-refractivity contribution in [3.05, 3.63) is 53.7 Å². The standard InChI is InChI=1S/C16H17NO3/c1-20-16(19)17-12-6-5-9-14(17)15(18)11-10-13-7-3-2-4-8-13/h2-4,7-11H,5-6,12H2,1H3/b11-10+. The van der Waals surface area contributed by atoms with Crippen LogP contribution in [0.5, 0.6) is 0 Å². The Morgan fingerprint density at radius 3 is 2.70 bits per heavy atom. The molecular formula is C16H17NO3. The second-order valence-corrected chi connectivity index (χ2v) is 4.46.